The number of nitrogens with one attached hydrogen (secondary N) is 1. The lowest BCUT2D eigenvalue weighted by Crippen LogP contribution is -2.76. The number of anilines is 2. The third-order valence-electron chi connectivity index (χ3n) is 6.91. The highest BCUT2D eigenvalue weighted by Gasteiger charge is 2.65. The summed E-state index contributed by atoms with van der Waals surface area (Å²) < 4.78 is 6.06. The molecular formula is C24H24N4O6. The second kappa shape index (κ2) is 7.63. The van der Waals surface area contributed by atoms with Gasteiger partial charge in [0.25, 0.3) is 11.6 Å². The van der Waals surface area contributed by atoms with Gasteiger partial charge in [-0.05, 0) is 50.1 Å². The summed E-state index contributed by atoms with van der Waals surface area (Å²) >= 11 is 0. The number of rotatable bonds is 2. The van der Waals surface area contributed by atoms with Gasteiger partial charge in [-0.1, -0.05) is 12.1 Å². The second-order valence-corrected chi connectivity index (χ2v) is 9.21. The van der Waals surface area contributed by atoms with Gasteiger partial charge in [0.2, 0.25) is 5.91 Å². The summed E-state index contributed by atoms with van der Waals surface area (Å²) in [5, 5.41) is 13.8. The molecule has 3 aliphatic heterocycles. The Hall–Kier alpha value is -3.79. The number of ether oxygens (including phenoxy) is 1. The maximum atomic E-state index is 14.2. The van der Waals surface area contributed by atoms with Gasteiger partial charge in [-0.15, -0.1) is 0 Å². The lowest BCUT2D eigenvalue weighted by molar-refractivity contribution is -0.384. The molecule has 0 aromatic heterocycles. The lowest BCUT2D eigenvalue weighted by Gasteiger charge is -2.56. The van der Waals surface area contributed by atoms with Crippen molar-refractivity contribution in [3.8, 4) is 0 Å². The van der Waals surface area contributed by atoms with E-state index >= 15 is 0 Å². The molecule has 2 saturated heterocycles. The van der Waals surface area contributed by atoms with Crippen molar-refractivity contribution in [1.82, 2.24) is 5.32 Å². The molecule has 0 bridgehead atoms. The number of non-ortho nitro benzene ring substituents is 1. The molecule has 2 aromatic rings. The van der Waals surface area contributed by atoms with E-state index in [-0.39, 0.29) is 18.2 Å². The van der Waals surface area contributed by atoms with Gasteiger partial charge < -0.3 is 9.64 Å². The fraction of sp³-hybridized carbons (Fsp3) is 0.375. The van der Waals surface area contributed by atoms with Crippen molar-refractivity contribution in [1.29, 1.82) is 0 Å². The van der Waals surface area contributed by atoms with Crippen LogP contribution < -0.4 is 15.1 Å². The second-order valence-electron chi connectivity index (χ2n) is 9.21. The molecule has 4 amide bonds. The largest absolute Gasteiger partial charge is 0.372 e. The highest BCUT2D eigenvalue weighted by molar-refractivity contribution is 6.30. The number of benzene rings is 2. The number of nitro benzene ring substituents is 1. The lowest BCUT2D eigenvalue weighted by atomic mass is 9.66. The van der Waals surface area contributed by atoms with Crippen LogP contribution in [0.3, 0.4) is 0 Å². The highest BCUT2D eigenvalue weighted by Crippen LogP contribution is 2.48. The Morgan fingerprint density at radius 3 is 2.62 bits per heavy atom. The van der Waals surface area contributed by atoms with Crippen molar-refractivity contribution in [3.05, 3.63) is 63.7 Å². The average molecular weight is 464 g/mol. The van der Waals surface area contributed by atoms with Crippen molar-refractivity contribution < 1.29 is 24.0 Å². The van der Waals surface area contributed by atoms with Gasteiger partial charge in [0.1, 0.15) is 0 Å². The maximum Gasteiger partial charge on any atom is 0.335 e. The Balaban J connectivity index is 1.71. The SMILES string of the molecule is Cc1cccc(N2C(=O)NC(=O)[C@]3(Cc4cc([N+](=O)[O-])ccc4N4C[C@H](C)O[C@H](C)[C@@H]43)C2=O)c1. The molecule has 0 saturated carbocycles. The number of carbonyl (C=O) groups excluding carboxylic acids is 3. The summed E-state index contributed by atoms with van der Waals surface area (Å²) in [5.74, 6) is -1.38. The fourth-order valence-electron chi connectivity index (χ4n) is 5.63. The highest BCUT2D eigenvalue weighted by atomic mass is 16.6. The van der Waals surface area contributed by atoms with Crippen molar-refractivity contribution in [3.63, 3.8) is 0 Å². The Labute approximate surface area is 195 Å². The molecule has 0 radical (unpaired) electrons. The number of nitrogens with zero attached hydrogens (tertiary/aromatic N) is 3. The molecule has 1 spiro atoms. The molecule has 0 unspecified atom stereocenters. The van der Waals surface area contributed by atoms with E-state index < -0.39 is 40.3 Å². The van der Waals surface area contributed by atoms with Crippen molar-refractivity contribution >= 4 is 34.9 Å². The van der Waals surface area contributed by atoms with Crippen LogP contribution in [0.5, 0.6) is 0 Å². The first kappa shape index (κ1) is 22.0. The van der Waals surface area contributed by atoms with Gasteiger partial charge in [0, 0.05) is 30.8 Å². The number of urea groups is 1. The summed E-state index contributed by atoms with van der Waals surface area (Å²) in [7, 11) is 0. The molecule has 10 nitrogen and oxygen atoms in total. The number of hydrogen-bond acceptors (Lipinski definition) is 7. The summed E-state index contributed by atoms with van der Waals surface area (Å²) in [6, 6.07) is 9.87. The molecule has 10 heteroatoms. The Morgan fingerprint density at radius 2 is 1.91 bits per heavy atom. The zero-order valence-electron chi connectivity index (χ0n) is 19.0. The van der Waals surface area contributed by atoms with Gasteiger partial charge in [-0.3, -0.25) is 25.0 Å². The minimum absolute atomic E-state index is 0.0898. The van der Waals surface area contributed by atoms with E-state index in [2.05, 4.69) is 5.32 Å². The summed E-state index contributed by atoms with van der Waals surface area (Å²) in [4.78, 5) is 54.5. The number of hydrogen-bond donors (Lipinski definition) is 1. The van der Waals surface area contributed by atoms with Crippen molar-refractivity contribution in [2.75, 3.05) is 16.3 Å². The number of morpholine rings is 1. The molecule has 3 aliphatic rings. The van der Waals surface area contributed by atoms with E-state index in [0.29, 0.717) is 17.8 Å². The van der Waals surface area contributed by atoms with Crippen LogP contribution in [-0.4, -0.2) is 47.6 Å². The number of aryl methyl sites for hydroxylation is 1. The smallest absolute Gasteiger partial charge is 0.335 e. The first-order valence-electron chi connectivity index (χ1n) is 11.1. The third-order valence-corrected chi connectivity index (χ3v) is 6.91. The average Bonchev–Trinajstić information content (AvgIpc) is 2.77. The fourth-order valence-corrected chi connectivity index (χ4v) is 5.63. The van der Waals surface area contributed by atoms with E-state index in [0.717, 1.165) is 16.2 Å². The van der Waals surface area contributed by atoms with E-state index in [1.165, 1.54) is 12.1 Å². The number of barbiturate groups is 1. The topological polar surface area (TPSA) is 122 Å². The van der Waals surface area contributed by atoms with Gasteiger partial charge >= 0.3 is 6.03 Å². The molecule has 0 aliphatic carbocycles. The normalized spacial score (nSPS) is 28.4. The van der Waals surface area contributed by atoms with Crippen LogP contribution in [0, 0.1) is 22.5 Å². The van der Waals surface area contributed by atoms with Crippen molar-refractivity contribution in [2.45, 2.75) is 45.4 Å². The molecular weight excluding hydrogens is 440 g/mol. The van der Waals surface area contributed by atoms with Crippen molar-refractivity contribution in [2.24, 2.45) is 5.41 Å². The van der Waals surface area contributed by atoms with Crippen LogP contribution in [0.25, 0.3) is 0 Å². The number of imide groups is 2. The molecule has 34 heavy (non-hydrogen) atoms. The van der Waals surface area contributed by atoms with Crippen LogP contribution in [0.1, 0.15) is 25.0 Å². The van der Waals surface area contributed by atoms with Crippen LogP contribution in [0.4, 0.5) is 21.9 Å². The van der Waals surface area contributed by atoms with Gasteiger partial charge in [0.05, 0.1) is 28.9 Å². The molecule has 4 atom stereocenters. The predicted molar refractivity (Wildman–Crippen MR) is 123 cm³/mol. The molecule has 176 valence electrons. The van der Waals surface area contributed by atoms with Gasteiger partial charge in [-0.2, -0.15) is 0 Å². The first-order chi connectivity index (χ1) is 16.1. The number of fused-ring (bicyclic) bond motifs is 4. The number of amides is 4. The summed E-state index contributed by atoms with van der Waals surface area (Å²) in [6.45, 7) is 5.93. The number of carbonyl (C=O) groups is 3. The van der Waals surface area contributed by atoms with Crippen LogP contribution >= 0.6 is 0 Å². The molecule has 2 fully saturated rings. The monoisotopic (exact) mass is 464 g/mol. The van der Waals surface area contributed by atoms with E-state index in [4.69, 9.17) is 4.74 Å². The van der Waals surface area contributed by atoms with E-state index in [1.54, 1.807) is 31.2 Å². The molecule has 3 heterocycles. The van der Waals surface area contributed by atoms with E-state index in [9.17, 15) is 24.5 Å². The maximum absolute atomic E-state index is 14.2. The quantitative estimate of drug-likeness (QED) is 0.412. The van der Waals surface area contributed by atoms with Crippen LogP contribution in [0.2, 0.25) is 0 Å². The van der Waals surface area contributed by atoms with Gasteiger partial charge in [0.15, 0.2) is 5.41 Å². The van der Waals surface area contributed by atoms with E-state index in [1.807, 2.05) is 24.8 Å². The molecule has 1 N–H and O–H groups in total. The molecule has 5 rings (SSSR count). The third kappa shape index (κ3) is 3.09. The predicted octanol–water partition coefficient (Wildman–Crippen LogP) is 2.71. The zero-order chi connectivity index (χ0) is 24.4. The van der Waals surface area contributed by atoms with Crippen LogP contribution in [0.15, 0.2) is 42.5 Å². The summed E-state index contributed by atoms with van der Waals surface area (Å²) in [6.07, 6.45) is -0.803. The standard InChI is InChI=1S/C24H24N4O6/c1-13-5-4-6-17(9-13)27-22(30)24(21(29)25-23(27)31)11-16-10-18(28(32)33)7-8-19(16)26-12-14(2)34-15(3)20(24)26/h4-10,14-15,20H,11-12H2,1-3H3,(H,25,29,31)/t14-,15+,20+,24+/m0/s1. The summed E-state index contributed by atoms with van der Waals surface area (Å²) in [5.41, 5.74) is 0.593. The first-order valence-corrected chi connectivity index (χ1v) is 11.1. The Kier molecular flexibility index (Phi) is 4.94. The Morgan fingerprint density at radius 1 is 1.15 bits per heavy atom. The van der Waals surface area contributed by atoms with Crippen LogP contribution in [-0.2, 0) is 20.7 Å². The Bertz CT molecular complexity index is 1250. The van der Waals surface area contributed by atoms with Gasteiger partial charge in [-0.25, -0.2) is 9.69 Å². The zero-order valence-corrected chi connectivity index (χ0v) is 19.0. The minimum atomic E-state index is -1.71. The molecule has 2 aromatic carbocycles. The number of nitro groups is 1. The minimum Gasteiger partial charge on any atom is -0.372 e.